The summed E-state index contributed by atoms with van der Waals surface area (Å²) in [6, 6.07) is 38.5. The standard InChI is InChI=1S/C39H26N12O3/c40-21-27-5-1-7-30(19-27)47-39(54)50-35-17-16-32(25-44-35)42-22-26-12-14-29(15-13-26)45-38(53)51-36-11-3-10-34(49-36)43-23-28-6-2-8-31(20-28)46-37(52)48-33-9-4-18-41-24-33/h1-20,24-25H,(H4-,44,46,47,48,49,50,51,52,53,54)/p+2. The monoisotopic (exact) mass is 712 g/mol. The van der Waals surface area contributed by atoms with Gasteiger partial charge in [-0.05, 0) is 94.8 Å². The van der Waals surface area contributed by atoms with E-state index in [1.54, 1.807) is 128 Å². The van der Waals surface area contributed by atoms with Gasteiger partial charge in [-0.1, -0.05) is 12.1 Å². The SMILES string of the molecule is N#Cc1cccc(NC(=O)Nc2ccc([N+]#Cc3ccc(NC(=O)Nc4cccc([N+]#Cc5cccc(NC(=O)Nc6cccnc6)c5)n4)cc3)cn2)c1. The maximum absolute atomic E-state index is 12.7. The first-order valence-electron chi connectivity index (χ1n) is 16.1. The van der Waals surface area contributed by atoms with Crippen molar-refractivity contribution in [2.75, 3.05) is 31.9 Å². The quantitative estimate of drug-likeness (QED) is 0.0993. The molecule has 6 amide bonds. The van der Waals surface area contributed by atoms with Crippen molar-refractivity contribution in [2.24, 2.45) is 0 Å². The summed E-state index contributed by atoms with van der Waals surface area (Å²) in [6.07, 6.45) is 4.64. The van der Waals surface area contributed by atoms with Crippen LogP contribution >= 0.6 is 0 Å². The third-order valence-electron chi connectivity index (χ3n) is 7.01. The fraction of sp³-hybridized carbons (Fsp3) is 0. The van der Waals surface area contributed by atoms with Crippen LogP contribution < -0.4 is 31.9 Å². The molecule has 15 nitrogen and oxygen atoms in total. The third-order valence-corrected chi connectivity index (χ3v) is 7.01. The van der Waals surface area contributed by atoms with Crippen LogP contribution in [0.4, 0.5) is 60.3 Å². The van der Waals surface area contributed by atoms with Crippen LogP contribution in [0.15, 0.2) is 134 Å². The maximum atomic E-state index is 12.7. The second-order valence-electron chi connectivity index (χ2n) is 11.1. The Morgan fingerprint density at radius 2 is 1.17 bits per heavy atom. The van der Waals surface area contributed by atoms with Crippen LogP contribution in [0.25, 0.3) is 9.69 Å². The van der Waals surface area contributed by atoms with E-state index in [1.165, 1.54) is 6.20 Å². The Morgan fingerprint density at radius 1 is 0.537 bits per heavy atom. The molecule has 6 rings (SSSR count). The van der Waals surface area contributed by atoms with Gasteiger partial charge in [-0.3, -0.25) is 15.6 Å². The van der Waals surface area contributed by atoms with Crippen molar-refractivity contribution in [3.8, 4) is 18.2 Å². The summed E-state index contributed by atoms with van der Waals surface area (Å²) in [5.74, 6) is 0.895. The highest BCUT2D eigenvalue weighted by Gasteiger charge is 2.12. The van der Waals surface area contributed by atoms with E-state index in [0.717, 1.165) is 0 Å². The summed E-state index contributed by atoms with van der Waals surface area (Å²) in [6.45, 7) is 0. The lowest BCUT2D eigenvalue weighted by Crippen LogP contribution is -2.20. The van der Waals surface area contributed by atoms with E-state index in [0.29, 0.717) is 56.8 Å². The van der Waals surface area contributed by atoms with Gasteiger partial charge in [0.15, 0.2) is 6.07 Å². The largest absolute Gasteiger partial charge is 0.428 e. The van der Waals surface area contributed by atoms with Crippen molar-refractivity contribution in [1.82, 2.24) is 15.0 Å². The van der Waals surface area contributed by atoms with Crippen molar-refractivity contribution in [3.05, 3.63) is 160 Å². The molecule has 15 heteroatoms. The van der Waals surface area contributed by atoms with Crippen molar-refractivity contribution in [3.63, 3.8) is 0 Å². The molecule has 0 fully saturated rings. The van der Waals surface area contributed by atoms with E-state index >= 15 is 0 Å². The van der Waals surface area contributed by atoms with Crippen molar-refractivity contribution < 1.29 is 14.4 Å². The molecule has 0 aliphatic rings. The summed E-state index contributed by atoms with van der Waals surface area (Å²) in [4.78, 5) is 58.4. The molecule has 3 aromatic carbocycles. The van der Waals surface area contributed by atoms with E-state index in [-0.39, 0.29) is 5.82 Å². The van der Waals surface area contributed by atoms with Crippen molar-refractivity contribution >= 4 is 64.0 Å². The minimum absolute atomic E-state index is 0.274. The predicted octanol–water partition coefficient (Wildman–Crippen LogP) is 8.70. The highest BCUT2D eigenvalue weighted by atomic mass is 16.2. The number of nitrogens with zero attached hydrogens (tertiary/aromatic N) is 6. The molecular formula is C39H28N12O3+2. The second kappa shape index (κ2) is 17.4. The molecule has 0 aliphatic heterocycles. The zero-order chi connectivity index (χ0) is 37.5. The molecule has 6 N–H and O–H groups in total. The number of pyridine rings is 3. The number of aromatic nitrogens is 3. The molecule has 0 spiro atoms. The van der Waals surface area contributed by atoms with E-state index < -0.39 is 18.1 Å². The number of benzene rings is 3. The minimum Gasteiger partial charge on any atom is -0.308 e. The number of amides is 6. The van der Waals surface area contributed by atoms with Crippen LogP contribution in [0.3, 0.4) is 0 Å². The van der Waals surface area contributed by atoms with E-state index in [9.17, 15) is 14.4 Å². The number of urea groups is 3. The fourth-order valence-electron chi connectivity index (χ4n) is 4.58. The third kappa shape index (κ3) is 10.7. The highest BCUT2D eigenvalue weighted by molar-refractivity contribution is 6.00. The molecule has 0 aliphatic carbocycles. The lowest BCUT2D eigenvalue weighted by molar-refractivity contribution is 0.261. The summed E-state index contributed by atoms with van der Waals surface area (Å²) in [5, 5.41) is 25.2. The molecule has 3 aromatic heterocycles. The van der Waals surface area contributed by atoms with Crippen LogP contribution in [0.1, 0.15) is 16.7 Å². The number of anilines is 6. The molecule has 54 heavy (non-hydrogen) atoms. The normalized spacial score (nSPS) is 9.76. The zero-order valence-corrected chi connectivity index (χ0v) is 28.1. The Hall–Kier alpha value is -8.61. The average molecular weight is 713 g/mol. The second-order valence-corrected chi connectivity index (χ2v) is 11.1. The molecule has 3 heterocycles. The molecule has 0 saturated carbocycles. The van der Waals surface area contributed by atoms with Gasteiger partial charge >= 0.3 is 35.7 Å². The van der Waals surface area contributed by atoms with Gasteiger partial charge in [0, 0.05) is 35.4 Å². The molecule has 260 valence electrons. The van der Waals surface area contributed by atoms with Crippen LogP contribution in [0.2, 0.25) is 0 Å². The lowest BCUT2D eigenvalue weighted by Gasteiger charge is -2.07. The number of nitrogens with one attached hydrogen (secondary N) is 6. The molecule has 0 unspecified atom stereocenters. The Balaban J connectivity index is 0.975. The van der Waals surface area contributed by atoms with Gasteiger partial charge in [0.2, 0.25) is 5.82 Å². The van der Waals surface area contributed by atoms with Gasteiger partial charge in [0.05, 0.1) is 35.1 Å². The number of nitriles is 1. The average Bonchev–Trinajstić information content (AvgIpc) is 3.18. The summed E-state index contributed by atoms with van der Waals surface area (Å²) < 4.78 is 0. The molecule has 6 aromatic rings. The van der Waals surface area contributed by atoms with Gasteiger partial charge in [0.25, 0.3) is 0 Å². The fourth-order valence-corrected chi connectivity index (χ4v) is 4.58. The first-order chi connectivity index (χ1) is 26.4. The summed E-state index contributed by atoms with van der Waals surface area (Å²) >= 11 is 0. The van der Waals surface area contributed by atoms with Crippen LogP contribution in [-0.2, 0) is 0 Å². The van der Waals surface area contributed by atoms with Crippen LogP contribution in [0.5, 0.6) is 0 Å². The van der Waals surface area contributed by atoms with Gasteiger partial charge in [-0.25, -0.2) is 19.4 Å². The molecule has 0 saturated heterocycles. The molecule has 0 atom stereocenters. The first-order valence-corrected chi connectivity index (χ1v) is 16.1. The van der Waals surface area contributed by atoms with E-state index in [1.807, 2.05) is 6.07 Å². The van der Waals surface area contributed by atoms with Gasteiger partial charge in [-0.2, -0.15) is 5.26 Å². The molecule has 0 radical (unpaired) electrons. The number of carbonyl (C=O) groups excluding carboxylic acids is 3. The Bertz CT molecular complexity index is 2480. The Morgan fingerprint density at radius 3 is 1.87 bits per heavy atom. The smallest absolute Gasteiger partial charge is 0.308 e. The predicted molar refractivity (Wildman–Crippen MR) is 207 cm³/mol. The van der Waals surface area contributed by atoms with E-state index in [4.69, 9.17) is 5.26 Å². The van der Waals surface area contributed by atoms with Crippen molar-refractivity contribution in [1.29, 1.82) is 5.26 Å². The Kier molecular flexibility index (Phi) is 11.3. The van der Waals surface area contributed by atoms with Crippen molar-refractivity contribution in [2.45, 2.75) is 0 Å². The Labute approximate surface area is 308 Å². The maximum Gasteiger partial charge on any atom is 0.428 e. The van der Waals surface area contributed by atoms with Gasteiger partial charge < -0.3 is 21.3 Å². The zero-order valence-electron chi connectivity index (χ0n) is 28.1. The first kappa shape index (κ1) is 35.2. The van der Waals surface area contributed by atoms with Gasteiger partial charge in [-0.15, -0.1) is 4.85 Å². The topological polar surface area (TPSA) is 195 Å². The minimum atomic E-state index is -0.509. The number of rotatable bonds is 6. The van der Waals surface area contributed by atoms with Gasteiger partial charge in [0.1, 0.15) is 17.6 Å². The summed E-state index contributed by atoms with van der Waals surface area (Å²) in [7, 11) is 0. The molecular weight excluding hydrogens is 685 g/mol. The number of carbonyl (C=O) groups is 3. The van der Waals surface area contributed by atoms with Crippen LogP contribution in [-0.4, -0.2) is 33.0 Å². The van der Waals surface area contributed by atoms with Crippen LogP contribution in [0, 0.1) is 23.5 Å². The lowest BCUT2D eigenvalue weighted by atomic mass is 10.2. The summed E-state index contributed by atoms with van der Waals surface area (Å²) in [5.41, 5.74) is 4.30. The molecule has 0 bridgehead atoms. The van der Waals surface area contributed by atoms with E-state index in [2.05, 4.69) is 68.7 Å². The number of hydrogen-bond acceptors (Lipinski definition) is 7. The number of hydrogen-bond donors (Lipinski definition) is 6. The highest BCUT2D eigenvalue weighted by Crippen LogP contribution is 2.18.